The topological polar surface area (TPSA) is 96.5 Å². The van der Waals surface area contributed by atoms with Crippen LogP contribution in [0.3, 0.4) is 0 Å². The molecule has 3 aromatic rings. The Bertz CT molecular complexity index is 1160. The third-order valence-corrected chi connectivity index (χ3v) is 6.69. The number of aryl methyl sites for hydroxylation is 1. The lowest BCUT2D eigenvalue weighted by atomic mass is 10.1. The van der Waals surface area contributed by atoms with Gasteiger partial charge in [0, 0.05) is 18.5 Å². The van der Waals surface area contributed by atoms with Gasteiger partial charge in [0.2, 0.25) is 5.91 Å². The number of nitrogens with zero attached hydrogens (tertiary/aromatic N) is 3. The van der Waals surface area contributed by atoms with Crippen molar-refractivity contribution in [3.63, 3.8) is 0 Å². The number of thiazole rings is 1. The molecule has 9 heteroatoms. The molecule has 31 heavy (non-hydrogen) atoms. The zero-order valence-corrected chi connectivity index (χ0v) is 18.0. The summed E-state index contributed by atoms with van der Waals surface area (Å²) >= 11 is 1.63. The van der Waals surface area contributed by atoms with Crippen molar-refractivity contribution < 1.29 is 14.3 Å². The van der Waals surface area contributed by atoms with E-state index < -0.39 is 0 Å². The van der Waals surface area contributed by atoms with E-state index in [1.165, 1.54) is 6.20 Å². The molecular weight excluding hydrogens is 414 g/mol. The quantitative estimate of drug-likeness (QED) is 0.635. The summed E-state index contributed by atoms with van der Waals surface area (Å²) < 4.78 is 6.74. The standard InChI is InChI=1S/C22H23N5O3S/c1-2-19-26-16-6-5-14(9-18(16)31-19)25-22(29)13-8-17-21(23-10-13)24-11-20(28)27(17)12-15-4-3-7-30-15/h5-6,8-10,15H,2-4,7,11-12H2,1H3,(H,23,24)(H,25,29). The number of amides is 2. The number of hydrogen-bond donors (Lipinski definition) is 2. The Hall–Kier alpha value is -3.04. The third kappa shape index (κ3) is 3.98. The lowest BCUT2D eigenvalue weighted by Crippen LogP contribution is -2.44. The molecule has 5 rings (SSSR count). The molecular formula is C22H23N5O3S. The van der Waals surface area contributed by atoms with Gasteiger partial charge in [-0.1, -0.05) is 6.92 Å². The first kappa shape index (κ1) is 19.9. The second kappa shape index (κ2) is 8.24. The number of hydrogen-bond acceptors (Lipinski definition) is 7. The second-order valence-electron chi connectivity index (χ2n) is 7.68. The minimum atomic E-state index is -0.273. The molecule has 2 aromatic heterocycles. The molecule has 1 saturated heterocycles. The molecule has 2 aliphatic heterocycles. The van der Waals surface area contributed by atoms with Crippen LogP contribution in [0.4, 0.5) is 17.2 Å². The van der Waals surface area contributed by atoms with E-state index >= 15 is 0 Å². The summed E-state index contributed by atoms with van der Waals surface area (Å²) in [5.41, 5.74) is 2.65. The minimum Gasteiger partial charge on any atom is -0.376 e. The number of anilines is 3. The highest BCUT2D eigenvalue weighted by Crippen LogP contribution is 2.31. The van der Waals surface area contributed by atoms with Crippen molar-refractivity contribution >= 4 is 50.6 Å². The molecule has 2 aliphatic rings. The van der Waals surface area contributed by atoms with E-state index in [0.29, 0.717) is 29.3 Å². The van der Waals surface area contributed by atoms with E-state index in [1.807, 2.05) is 18.2 Å². The van der Waals surface area contributed by atoms with Gasteiger partial charge in [-0.15, -0.1) is 11.3 Å². The Labute approximate surface area is 183 Å². The van der Waals surface area contributed by atoms with Crippen LogP contribution in [0.2, 0.25) is 0 Å². The summed E-state index contributed by atoms with van der Waals surface area (Å²) in [6.45, 7) is 3.46. The lowest BCUT2D eigenvalue weighted by molar-refractivity contribution is -0.117. The zero-order chi connectivity index (χ0) is 21.4. The number of fused-ring (bicyclic) bond motifs is 2. The first-order valence-corrected chi connectivity index (χ1v) is 11.3. The highest BCUT2D eigenvalue weighted by atomic mass is 32.1. The Morgan fingerprint density at radius 1 is 1.39 bits per heavy atom. The molecule has 4 heterocycles. The van der Waals surface area contributed by atoms with E-state index in [-0.39, 0.29) is 24.5 Å². The van der Waals surface area contributed by atoms with Crippen molar-refractivity contribution in [1.29, 1.82) is 0 Å². The van der Waals surface area contributed by atoms with Crippen molar-refractivity contribution in [3.05, 3.63) is 41.0 Å². The van der Waals surface area contributed by atoms with E-state index in [2.05, 4.69) is 27.5 Å². The van der Waals surface area contributed by atoms with Gasteiger partial charge in [0.15, 0.2) is 0 Å². The molecule has 0 bridgehead atoms. The van der Waals surface area contributed by atoms with Gasteiger partial charge in [0.1, 0.15) is 5.82 Å². The summed E-state index contributed by atoms with van der Waals surface area (Å²) in [7, 11) is 0. The van der Waals surface area contributed by atoms with Gasteiger partial charge in [-0.25, -0.2) is 9.97 Å². The first-order chi connectivity index (χ1) is 15.1. The summed E-state index contributed by atoms with van der Waals surface area (Å²) in [6.07, 6.45) is 4.37. The third-order valence-electron chi connectivity index (χ3n) is 5.53. The Balaban J connectivity index is 1.38. The molecule has 1 aromatic carbocycles. The molecule has 0 aliphatic carbocycles. The zero-order valence-electron chi connectivity index (χ0n) is 17.2. The summed E-state index contributed by atoms with van der Waals surface area (Å²) in [6, 6.07) is 7.42. The summed E-state index contributed by atoms with van der Waals surface area (Å²) in [5.74, 6) is 0.280. The van der Waals surface area contributed by atoms with Crippen LogP contribution < -0.4 is 15.5 Å². The molecule has 0 spiro atoms. The molecule has 0 saturated carbocycles. The number of ether oxygens (including phenoxy) is 1. The average molecular weight is 438 g/mol. The van der Waals surface area contributed by atoms with E-state index in [4.69, 9.17) is 4.74 Å². The highest BCUT2D eigenvalue weighted by molar-refractivity contribution is 7.18. The smallest absolute Gasteiger partial charge is 0.257 e. The number of pyridine rings is 1. The monoisotopic (exact) mass is 437 g/mol. The molecule has 2 N–H and O–H groups in total. The second-order valence-corrected chi connectivity index (χ2v) is 8.80. The van der Waals surface area contributed by atoms with E-state index in [1.54, 1.807) is 22.3 Å². The van der Waals surface area contributed by atoms with Crippen molar-refractivity contribution in [2.24, 2.45) is 0 Å². The Morgan fingerprint density at radius 3 is 3.10 bits per heavy atom. The number of carbonyl (C=O) groups excluding carboxylic acids is 2. The summed E-state index contributed by atoms with van der Waals surface area (Å²) in [5, 5.41) is 7.04. The average Bonchev–Trinajstić information content (AvgIpc) is 3.44. The Kier molecular flexibility index (Phi) is 5.29. The fourth-order valence-electron chi connectivity index (χ4n) is 3.91. The van der Waals surface area contributed by atoms with Crippen LogP contribution in [0.5, 0.6) is 0 Å². The van der Waals surface area contributed by atoms with Gasteiger partial charge in [0.25, 0.3) is 5.91 Å². The first-order valence-electron chi connectivity index (χ1n) is 10.5. The van der Waals surface area contributed by atoms with Crippen molar-refractivity contribution in [1.82, 2.24) is 9.97 Å². The van der Waals surface area contributed by atoms with Crippen LogP contribution in [-0.4, -0.2) is 47.6 Å². The van der Waals surface area contributed by atoms with Gasteiger partial charge in [-0.2, -0.15) is 0 Å². The number of aromatic nitrogens is 2. The van der Waals surface area contributed by atoms with E-state index in [9.17, 15) is 9.59 Å². The lowest BCUT2D eigenvalue weighted by Gasteiger charge is -2.31. The van der Waals surface area contributed by atoms with Gasteiger partial charge in [-0.05, 0) is 43.5 Å². The largest absolute Gasteiger partial charge is 0.376 e. The van der Waals surface area contributed by atoms with Gasteiger partial charge in [-0.3, -0.25) is 9.59 Å². The minimum absolute atomic E-state index is 0.0199. The van der Waals surface area contributed by atoms with Crippen LogP contribution in [0.15, 0.2) is 30.5 Å². The molecule has 1 unspecified atom stereocenters. The van der Waals surface area contributed by atoms with Crippen LogP contribution in [0.1, 0.15) is 35.1 Å². The fraction of sp³-hybridized carbons (Fsp3) is 0.364. The van der Waals surface area contributed by atoms with E-state index in [0.717, 1.165) is 41.1 Å². The number of benzene rings is 1. The number of carbonyl (C=O) groups is 2. The Morgan fingerprint density at radius 2 is 2.29 bits per heavy atom. The molecule has 8 nitrogen and oxygen atoms in total. The fourth-order valence-corrected chi connectivity index (χ4v) is 4.85. The van der Waals surface area contributed by atoms with Crippen molar-refractivity contribution in [3.8, 4) is 0 Å². The summed E-state index contributed by atoms with van der Waals surface area (Å²) in [4.78, 5) is 36.1. The van der Waals surface area contributed by atoms with Crippen molar-refractivity contribution in [2.45, 2.75) is 32.3 Å². The highest BCUT2D eigenvalue weighted by Gasteiger charge is 2.29. The maximum atomic E-state index is 12.9. The van der Waals surface area contributed by atoms with Crippen LogP contribution in [-0.2, 0) is 16.0 Å². The van der Waals surface area contributed by atoms with Crippen LogP contribution in [0, 0.1) is 0 Å². The normalized spacial score (nSPS) is 18.2. The van der Waals surface area contributed by atoms with Crippen LogP contribution >= 0.6 is 11.3 Å². The molecule has 1 atom stereocenters. The number of nitrogens with one attached hydrogen (secondary N) is 2. The molecule has 2 amide bonds. The van der Waals surface area contributed by atoms with Gasteiger partial charge >= 0.3 is 0 Å². The SMILES string of the molecule is CCc1nc2ccc(NC(=O)c3cnc4c(c3)N(CC3CCCO3)C(=O)CN4)cc2s1. The predicted octanol–water partition coefficient (Wildman–Crippen LogP) is 3.44. The molecule has 160 valence electrons. The van der Waals surface area contributed by atoms with Crippen molar-refractivity contribution in [2.75, 3.05) is 35.2 Å². The number of rotatable bonds is 5. The van der Waals surface area contributed by atoms with Gasteiger partial charge in [0.05, 0.1) is 45.7 Å². The molecule has 1 fully saturated rings. The maximum absolute atomic E-state index is 12.9. The predicted molar refractivity (Wildman–Crippen MR) is 121 cm³/mol. The molecule has 0 radical (unpaired) electrons. The van der Waals surface area contributed by atoms with Crippen LogP contribution in [0.25, 0.3) is 10.2 Å². The maximum Gasteiger partial charge on any atom is 0.257 e. The van der Waals surface area contributed by atoms with Gasteiger partial charge < -0.3 is 20.3 Å².